The summed E-state index contributed by atoms with van der Waals surface area (Å²) in [5, 5.41) is 22.0. The molecule has 0 radical (unpaired) electrons. The van der Waals surface area contributed by atoms with Crippen LogP contribution in [0.3, 0.4) is 0 Å². The number of anilines is 1. The standard InChI is InChI=1S/C19H17FN4S/c20-16-10-5-4-9-15(16)13-18-23-24-19(25-18)22-17(11-6-12-21)14-7-2-1-3-8-14/h1-5,7-10,17H,6,11,13H2,(H,22,24). The molecule has 1 atom stereocenters. The summed E-state index contributed by atoms with van der Waals surface area (Å²) in [6.45, 7) is 0. The highest BCUT2D eigenvalue weighted by Crippen LogP contribution is 2.27. The number of nitrogens with one attached hydrogen (secondary N) is 1. The zero-order valence-corrected chi connectivity index (χ0v) is 14.3. The van der Waals surface area contributed by atoms with Crippen LogP contribution in [-0.2, 0) is 6.42 Å². The second-order valence-corrected chi connectivity index (χ2v) is 6.64. The minimum atomic E-state index is -0.233. The number of hydrogen-bond acceptors (Lipinski definition) is 5. The van der Waals surface area contributed by atoms with Crippen LogP contribution in [0.4, 0.5) is 9.52 Å². The molecule has 0 fully saturated rings. The van der Waals surface area contributed by atoms with Crippen LogP contribution in [0, 0.1) is 17.1 Å². The van der Waals surface area contributed by atoms with Crippen molar-refractivity contribution in [1.29, 1.82) is 5.26 Å². The fourth-order valence-corrected chi connectivity index (χ4v) is 3.37. The molecule has 0 saturated carbocycles. The molecule has 0 amide bonds. The molecule has 1 unspecified atom stereocenters. The third kappa shape index (κ3) is 4.61. The van der Waals surface area contributed by atoms with Crippen LogP contribution in [0.1, 0.15) is 35.0 Å². The van der Waals surface area contributed by atoms with E-state index in [1.54, 1.807) is 12.1 Å². The molecule has 6 heteroatoms. The van der Waals surface area contributed by atoms with Crippen LogP contribution in [0.25, 0.3) is 0 Å². The van der Waals surface area contributed by atoms with Crippen LogP contribution >= 0.6 is 11.3 Å². The number of aromatic nitrogens is 2. The molecule has 0 aliphatic carbocycles. The van der Waals surface area contributed by atoms with Gasteiger partial charge in [-0.2, -0.15) is 5.26 Å². The van der Waals surface area contributed by atoms with Gasteiger partial charge in [0, 0.05) is 12.8 Å². The SMILES string of the molecule is N#CCCC(Nc1nnc(Cc2ccccc2F)s1)c1ccccc1. The van der Waals surface area contributed by atoms with Gasteiger partial charge in [0.1, 0.15) is 10.8 Å². The predicted octanol–water partition coefficient (Wildman–Crippen LogP) is 4.72. The maximum atomic E-state index is 13.8. The Morgan fingerprint density at radius 1 is 1.08 bits per heavy atom. The summed E-state index contributed by atoms with van der Waals surface area (Å²) in [5.74, 6) is -0.233. The van der Waals surface area contributed by atoms with Crippen LogP contribution < -0.4 is 5.32 Å². The summed E-state index contributed by atoms with van der Waals surface area (Å²) in [6, 6.07) is 18.8. The Hall–Kier alpha value is -2.78. The molecule has 3 aromatic rings. The highest BCUT2D eigenvalue weighted by molar-refractivity contribution is 7.15. The molecule has 3 rings (SSSR count). The number of hydrogen-bond donors (Lipinski definition) is 1. The summed E-state index contributed by atoms with van der Waals surface area (Å²) >= 11 is 1.41. The van der Waals surface area contributed by atoms with E-state index in [0.717, 1.165) is 10.6 Å². The fraction of sp³-hybridized carbons (Fsp3) is 0.211. The zero-order chi connectivity index (χ0) is 17.5. The zero-order valence-electron chi connectivity index (χ0n) is 13.5. The number of nitrogens with zero attached hydrogens (tertiary/aromatic N) is 3. The first-order chi connectivity index (χ1) is 12.3. The third-order valence-electron chi connectivity index (χ3n) is 3.81. The Balaban J connectivity index is 1.72. The lowest BCUT2D eigenvalue weighted by molar-refractivity contribution is 0.613. The normalized spacial score (nSPS) is 11.7. The van der Waals surface area contributed by atoms with Gasteiger partial charge in [-0.3, -0.25) is 0 Å². The largest absolute Gasteiger partial charge is 0.353 e. The molecule has 2 aromatic carbocycles. The van der Waals surface area contributed by atoms with E-state index in [2.05, 4.69) is 21.6 Å². The monoisotopic (exact) mass is 352 g/mol. The first-order valence-corrected chi connectivity index (χ1v) is 8.82. The van der Waals surface area contributed by atoms with Crippen molar-refractivity contribution < 1.29 is 4.39 Å². The van der Waals surface area contributed by atoms with Gasteiger partial charge >= 0.3 is 0 Å². The summed E-state index contributed by atoms with van der Waals surface area (Å²) in [5.41, 5.74) is 1.71. The van der Waals surface area contributed by atoms with Crippen molar-refractivity contribution in [3.05, 3.63) is 76.5 Å². The first-order valence-electron chi connectivity index (χ1n) is 8.00. The van der Waals surface area contributed by atoms with Crippen molar-refractivity contribution in [2.45, 2.75) is 25.3 Å². The summed E-state index contributed by atoms with van der Waals surface area (Å²) < 4.78 is 13.8. The average molecular weight is 352 g/mol. The predicted molar refractivity (Wildman–Crippen MR) is 96.8 cm³/mol. The second-order valence-electron chi connectivity index (χ2n) is 5.57. The molecular weight excluding hydrogens is 335 g/mol. The molecule has 0 spiro atoms. The Bertz CT molecular complexity index is 857. The van der Waals surface area contributed by atoms with E-state index in [0.29, 0.717) is 30.0 Å². The smallest absolute Gasteiger partial charge is 0.206 e. The molecule has 4 nitrogen and oxygen atoms in total. The maximum Gasteiger partial charge on any atom is 0.206 e. The quantitative estimate of drug-likeness (QED) is 0.668. The summed E-state index contributed by atoms with van der Waals surface area (Å²) in [7, 11) is 0. The minimum Gasteiger partial charge on any atom is -0.353 e. The van der Waals surface area contributed by atoms with E-state index >= 15 is 0 Å². The van der Waals surface area contributed by atoms with Crippen molar-refractivity contribution in [3.63, 3.8) is 0 Å². The van der Waals surface area contributed by atoms with Gasteiger partial charge < -0.3 is 5.32 Å². The minimum absolute atomic E-state index is 0.00453. The molecule has 0 bridgehead atoms. The molecule has 0 aliphatic heterocycles. The van der Waals surface area contributed by atoms with Gasteiger partial charge in [0.2, 0.25) is 5.13 Å². The molecule has 1 N–H and O–H groups in total. The van der Waals surface area contributed by atoms with Gasteiger partial charge in [-0.15, -0.1) is 10.2 Å². The summed E-state index contributed by atoms with van der Waals surface area (Å²) in [4.78, 5) is 0. The molecular formula is C19H17FN4S. The van der Waals surface area contributed by atoms with E-state index in [-0.39, 0.29) is 11.9 Å². The maximum absolute atomic E-state index is 13.8. The Morgan fingerprint density at radius 2 is 1.84 bits per heavy atom. The number of nitriles is 1. The molecule has 0 saturated heterocycles. The molecule has 1 aromatic heterocycles. The van der Waals surface area contributed by atoms with Gasteiger partial charge in [-0.1, -0.05) is 59.9 Å². The van der Waals surface area contributed by atoms with Crippen molar-refractivity contribution >= 4 is 16.5 Å². The van der Waals surface area contributed by atoms with E-state index in [9.17, 15) is 4.39 Å². The van der Waals surface area contributed by atoms with Gasteiger partial charge in [0.25, 0.3) is 0 Å². The van der Waals surface area contributed by atoms with Gasteiger partial charge in [-0.25, -0.2) is 4.39 Å². The van der Waals surface area contributed by atoms with Crippen molar-refractivity contribution in [1.82, 2.24) is 10.2 Å². The van der Waals surface area contributed by atoms with Crippen LogP contribution in [0.5, 0.6) is 0 Å². The lowest BCUT2D eigenvalue weighted by atomic mass is 10.0. The van der Waals surface area contributed by atoms with Crippen molar-refractivity contribution in [2.75, 3.05) is 5.32 Å². The van der Waals surface area contributed by atoms with E-state index in [1.165, 1.54) is 17.4 Å². The number of rotatable bonds is 7. The van der Waals surface area contributed by atoms with Crippen LogP contribution in [-0.4, -0.2) is 10.2 Å². The van der Waals surface area contributed by atoms with E-state index in [1.807, 2.05) is 36.4 Å². The third-order valence-corrected chi connectivity index (χ3v) is 4.67. The highest BCUT2D eigenvalue weighted by atomic mass is 32.1. The Kier molecular flexibility index (Phi) is 5.70. The lowest BCUT2D eigenvalue weighted by Crippen LogP contribution is -2.10. The highest BCUT2D eigenvalue weighted by Gasteiger charge is 2.14. The number of benzene rings is 2. The van der Waals surface area contributed by atoms with Crippen LogP contribution in [0.2, 0.25) is 0 Å². The van der Waals surface area contributed by atoms with Gasteiger partial charge in [0.05, 0.1) is 12.1 Å². The Morgan fingerprint density at radius 3 is 2.60 bits per heavy atom. The molecule has 25 heavy (non-hydrogen) atoms. The fourth-order valence-electron chi connectivity index (χ4n) is 2.55. The molecule has 1 heterocycles. The lowest BCUT2D eigenvalue weighted by Gasteiger charge is -2.16. The van der Waals surface area contributed by atoms with Gasteiger partial charge in [-0.05, 0) is 23.6 Å². The molecule has 126 valence electrons. The topological polar surface area (TPSA) is 61.6 Å². The number of halogens is 1. The Labute approximate surface area is 150 Å². The first kappa shape index (κ1) is 17.1. The van der Waals surface area contributed by atoms with Crippen molar-refractivity contribution in [2.24, 2.45) is 0 Å². The second kappa shape index (κ2) is 8.36. The molecule has 0 aliphatic rings. The van der Waals surface area contributed by atoms with E-state index in [4.69, 9.17) is 5.26 Å². The van der Waals surface area contributed by atoms with Crippen LogP contribution in [0.15, 0.2) is 54.6 Å². The van der Waals surface area contributed by atoms with Crippen molar-refractivity contribution in [3.8, 4) is 6.07 Å². The van der Waals surface area contributed by atoms with Gasteiger partial charge in [0.15, 0.2) is 0 Å². The van der Waals surface area contributed by atoms with E-state index < -0.39 is 0 Å². The summed E-state index contributed by atoms with van der Waals surface area (Å²) in [6.07, 6.45) is 1.55. The average Bonchev–Trinajstić information content (AvgIpc) is 3.08.